The average molecular weight is 488 g/mol. The largest absolute Gasteiger partial charge is 0.481 e. The van der Waals surface area contributed by atoms with Crippen LogP contribution in [-0.2, 0) is 47.7 Å². The van der Waals surface area contributed by atoms with E-state index in [9.17, 15) is 24.0 Å². The number of rotatable bonds is 18. The maximum atomic E-state index is 11.3. The molecule has 0 aromatic carbocycles. The SMILES string of the molecule is O=C(O)CCOCCOCCOCCOCCOCCN1C(=O)C=CC1=O.O=C1CCC(=O)N1. The summed E-state index contributed by atoms with van der Waals surface area (Å²) >= 11 is 0. The van der Waals surface area contributed by atoms with E-state index in [1.54, 1.807) is 0 Å². The molecule has 13 heteroatoms. The summed E-state index contributed by atoms with van der Waals surface area (Å²) in [6.07, 6.45) is 3.22. The fraction of sp³-hybridized carbons (Fsp3) is 0.667. The van der Waals surface area contributed by atoms with Gasteiger partial charge in [-0.05, 0) is 0 Å². The second kappa shape index (κ2) is 18.7. The predicted octanol–water partition coefficient (Wildman–Crippen LogP) is -1.11. The van der Waals surface area contributed by atoms with E-state index in [0.717, 1.165) is 4.90 Å². The number of carboxylic acid groups (broad SMARTS) is 1. The summed E-state index contributed by atoms with van der Waals surface area (Å²) in [7, 11) is 0. The van der Waals surface area contributed by atoms with Crippen molar-refractivity contribution in [3.8, 4) is 0 Å². The Morgan fingerprint density at radius 1 is 0.706 bits per heavy atom. The first-order valence-corrected chi connectivity index (χ1v) is 10.9. The fourth-order valence-corrected chi connectivity index (χ4v) is 2.46. The Hall–Kier alpha value is -2.71. The van der Waals surface area contributed by atoms with Crippen molar-refractivity contribution in [2.24, 2.45) is 0 Å². The van der Waals surface area contributed by atoms with Gasteiger partial charge in [0.1, 0.15) is 0 Å². The van der Waals surface area contributed by atoms with Gasteiger partial charge in [0, 0.05) is 25.0 Å². The maximum absolute atomic E-state index is 11.3. The lowest BCUT2D eigenvalue weighted by Crippen LogP contribution is -2.33. The fourth-order valence-electron chi connectivity index (χ4n) is 2.46. The third-order valence-corrected chi connectivity index (χ3v) is 4.17. The molecular formula is C21H32N2O11. The maximum Gasteiger partial charge on any atom is 0.305 e. The molecule has 13 nitrogen and oxygen atoms in total. The molecule has 2 aliphatic rings. The Morgan fingerprint density at radius 2 is 1.09 bits per heavy atom. The number of nitrogens with zero attached hydrogens (tertiary/aromatic N) is 1. The Bertz CT molecular complexity index is 664. The molecule has 2 aliphatic heterocycles. The van der Waals surface area contributed by atoms with Crippen molar-refractivity contribution in [2.75, 3.05) is 72.6 Å². The molecular weight excluding hydrogens is 456 g/mol. The molecule has 0 saturated carbocycles. The van der Waals surface area contributed by atoms with E-state index in [4.69, 9.17) is 28.8 Å². The van der Waals surface area contributed by atoms with E-state index in [1.807, 2.05) is 0 Å². The molecule has 1 fully saturated rings. The van der Waals surface area contributed by atoms with Crippen molar-refractivity contribution in [2.45, 2.75) is 19.3 Å². The van der Waals surface area contributed by atoms with E-state index in [2.05, 4.69) is 5.32 Å². The van der Waals surface area contributed by atoms with Crippen molar-refractivity contribution >= 4 is 29.6 Å². The number of hydrogen-bond acceptors (Lipinski definition) is 10. The van der Waals surface area contributed by atoms with Crippen molar-refractivity contribution in [3.05, 3.63) is 12.2 Å². The number of ether oxygens (including phenoxy) is 5. The van der Waals surface area contributed by atoms with E-state index in [-0.39, 0.29) is 49.8 Å². The van der Waals surface area contributed by atoms with Crippen LogP contribution in [0.4, 0.5) is 0 Å². The summed E-state index contributed by atoms with van der Waals surface area (Å²) < 4.78 is 26.3. The topological polar surface area (TPSA) is 167 Å². The molecule has 0 bridgehead atoms. The summed E-state index contributed by atoms with van der Waals surface area (Å²) in [4.78, 5) is 54.2. The zero-order valence-electron chi connectivity index (χ0n) is 19.0. The van der Waals surface area contributed by atoms with Gasteiger partial charge in [-0.25, -0.2) is 0 Å². The summed E-state index contributed by atoms with van der Waals surface area (Å²) in [6, 6.07) is 0. The molecule has 2 rings (SSSR count). The summed E-state index contributed by atoms with van der Waals surface area (Å²) in [5.41, 5.74) is 0. The van der Waals surface area contributed by atoms with Gasteiger partial charge in [-0.2, -0.15) is 0 Å². The number of imide groups is 2. The molecule has 0 aromatic rings. The van der Waals surface area contributed by atoms with Gasteiger partial charge in [-0.3, -0.25) is 34.2 Å². The van der Waals surface area contributed by atoms with Crippen molar-refractivity contribution in [1.29, 1.82) is 0 Å². The van der Waals surface area contributed by atoms with Crippen LogP contribution in [0.3, 0.4) is 0 Å². The Balaban J connectivity index is 0.000000700. The molecule has 0 radical (unpaired) electrons. The van der Waals surface area contributed by atoms with Crippen LogP contribution >= 0.6 is 0 Å². The minimum atomic E-state index is -0.884. The Labute approximate surface area is 197 Å². The number of nitrogens with one attached hydrogen (secondary N) is 1. The van der Waals surface area contributed by atoms with Crippen molar-refractivity contribution in [3.63, 3.8) is 0 Å². The van der Waals surface area contributed by atoms with E-state index in [1.165, 1.54) is 12.2 Å². The highest BCUT2D eigenvalue weighted by Crippen LogP contribution is 2.02. The molecule has 0 aliphatic carbocycles. The smallest absolute Gasteiger partial charge is 0.305 e. The first kappa shape index (κ1) is 29.3. The highest BCUT2D eigenvalue weighted by atomic mass is 16.6. The quantitative estimate of drug-likeness (QED) is 0.177. The van der Waals surface area contributed by atoms with Gasteiger partial charge in [-0.15, -0.1) is 0 Å². The van der Waals surface area contributed by atoms with Gasteiger partial charge < -0.3 is 28.8 Å². The minimum Gasteiger partial charge on any atom is -0.481 e. The van der Waals surface area contributed by atoms with Crippen LogP contribution in [0, 0.1) is 0 Å². The second-order valence-electron chi connectivity index (χ2n) is 6.84. The first-order chi connectivity index (χ1) is 16.4. The number of aliphatic carboxylic acids is 1. The van der Waals surface area contributed by atoms with Gasteiger partial charge in [0.05, 0.1) is 79.0 Å². The van der Waals surface area contributed by atoms with E-state index >= 15 is 0 Å². The molecule has 4 amide bonds. The lowest BCUT2D eigenvalue weighted by molar-refractivity contribution is -0.139. The second-order valence-corrected chi connectivity index (χ2v) is 6.84. The third kappa shape index (κ3) is 15.2. The van der Waals surface area contributed by atoms with Crippen LogP contribution in [0.1, 0.15) is 19.3 Å². The van der Waals surface area contributed by atoms with Gasteiger partial charge in [0.25, 0.3) is 11.8 Å². The molecule has 192 valence electrons. The summed E-state index contributed by atoms with van der Waals surface area (Å²) in [5, 5.41) is 10.6. The lowest BCUT2D eigenvalue weighted by atomic mass is 10.4. The zero-order valence-corrected chi connectivity index (χ0v) is 19.0. The van der Waals surface area contributed by atoms with Gasteiger partial charge in [0.15, 0.2) is 0 Å². The average Bonchev–Trinajstić information content (AvgIpc) is 3.33. The third-order valence-electron chi connectivity index (χ3n) is 4.17. The molecule has 2 N–H and O–H groups in total. The van der Waals surface area contributed by atoms with Gasteiger partial charge >= 0.3 is 5.97 Å². The van der Waals surface area contributed by atoms with Crippen molar-refractivity contribution < 1.29 is 52.8 Å². The standard InChI is InChI=1S/C17H27NO9.C4H5NO2/c19-15-1-2-16(20)18(15)4-6-24-8-10-26-12-14-27-13-11-25-9-7-23-5-3-17(21)22;6-3-1-2-4(7)5-3/h1-2H,3-14H2,(H,21,22);1-2H2,(H,5,6,7). The number of hydrogen-bond donors (Lipinski definition) is 2. The molecule has 0 atom stereocenters. The van der Waals surface area contributed by atoms with Crippen LogP contribution in [-0.4, -0.2) is 112 Å². The normalized spacial score (nSPS) is 15.0. The molecule has 1 saturated heterocycles. The van der Waals surface area contributed by atoms with Gasteiger partial charge in [0.2, 0.25) is 11.8 Å². The lowest BCUT2D eigenvalue weighted by Gasteiger charge is -2.13. The van der Waals surface area contributed by atoms with Crippen LogP contribution in [0.15, 0.2) is 12.2 Å². The molecule has 0 spiro atoms. The zero-order chi connectivity index (χ0) is 25.0. The van der Waals surface area contributed by atoms with Crippen LogP contribution in [0.5, 0.6) is 0 Å². The minimum absolute atomic E-state index is 0.0105. The molecule has 2 heterocycles. The number of carbonyl (C=O) groups is 5. The first-order valence-electron chi connectivity index (χ1n) is 10.9. The van der Waals surface area contributed by atoms with E-state index < -0.39 is 5.97 Å². The highest BCUT2D eigenvalue weighted by Gasteiger charge is 2.22. The molecule has 34 heavy (non-hydrogen) atoms. The van der Waals surface area contributed by atoms with E-state index in [0.29, 0.717) is 65.7 Å². The molecule has 0 unspecified atom stereocenters. The van der Waals surface area contributed by atoms with Crippen LogP contribution < -0.4 is 5.32 Å². The number of amides is 4. The predicted molar refractivity (Wildman–Crippen MR) is 115 cm³/mol. The Morgan fingerprint density at radius 3 is 1.44 bits per heavy atom. The number of carbonyl (C=O) groups excluding carboxylic acids is 4. The number of carboxylic acids is 1. The summed E-state index contributed by atoms with van der Waals surface area (Å²) in [5.74, 6) is -1.81. The monoisotopic (exact) mass is 488 g/mol. The van der Waals surface area contributed by atoms with Crippen LogP contribution in [0.25, 0.3) is 0 Å². The van der Waals surface area contributed by atoms with Crippen molar-refractivity contribution in [1.82, 2.24) is 10.2 Å². The molecule has 0 aromatic heterocycles. The van der Waals surface area contributed by atoms with Crippen LogP contribution in [0.2, 0.25) is 0 Å². The highest BCUT2D eigenvalue weighted by molar-refractivity contribution is 6.12. The van der Waals surface area contributed by atoms with Gasteiger partial charge in [-0.1, -0.05) is 0 Å². The Kier molecular flexibility index (Phi) is 16.1. The summed E-state index contributed by atoms with van der Waals surface area (Å²) in [6.45, 7) is 3.91.